The molecular formula is C13H25N3O. The molecule has 1 aliphatic heterocycles. The molecule has 4 nitrogen and oxygen atoms in total. The van der Waals surface area contributed by atoms with Crippen molar-refractivity contribution in [2.75, 3.05) is 26.2 Å². The maximum Gasteiger partial charge on any atom is 0.234 e. The van der Waals surface area contributed by atoms with E-state index in [1.165, 1.54) is 19.3 Å². The van der Waals surface area contributed by atoms with Crippen LogP contribution in [0.4, 0.5) is 0 Å². The zero-order valence-electron chi connectivity index (χ0n) is 10.8. The molecule has 0 bridgehead atoms. The fourth-order valence-electron chi connectivity index (χ4n) is 3.25. The van der Waals surface area contributed by atoms with Crippen LogP contribution in [0.2, 0.25) is 0 Å². The minimum atomic E-state index is 0.177. The number of nitrogens with two attached hydrogens (primary N) is 1. The van der Waals surface area contributed by atoms with E-state index >= 15 is 0 Å². The molecule has 3 N–H and O–H groups in total. The molecule has 4 heteroatoms. The van der Waals surface area contributed by atoms with Gasteiger partial charge in [-0.3, -0.25) is 9.69 Å². The standard InChI is InChI=1S/C13H25N3O/c1-10-3-4-11(8-14)12(7-10)16-6-2-5-15-13(17)9-16/h10-12H,2-9,14H2,1H3,(H,15,17). The van der Waals surface area contributed by atoms with Crippen LogP contribution in [0.1, 0.15) is 32.6 Å². The summed E-state index contributed by atoms with van der Waals surface area (Å²) in [6.45, 7) is 5.50. The first-order valence-electron chi connectivity index (χ1n) is 6.91. The molecule has 2 rings (SSSR count). The Labute approximate surface area is 104 Å². The summed E-state index contributed by atoms with van der Waals surface area (Å²) in [6.07, 6.45) is 4.78. The average Bonchev–Trinajstić information content (AvgIpc) is 2.54. The summed E-state index contributed by atoms with van der Waals surface area (Å²) in [6, 6.07) is 0.521. The predicted molar refractivity (Wildman–Crippen MR) is 68.5 cm³/mol. The van der Waals surface area contributed by atoms with Gasteiger partial charge in [-0.1, -0.05) is 13.3 Å². The van der Waals surface area contributed by atoms with Crippen molar-refractivity contribution in [3.63, 3.8) is 0 Å². The summed E-state index contributed by atoms with van der Waals surface area (Å²) in [5.41, 5.74) is 5.89. The van der Waals surface area contributed by atoms with Gasteiger partial charge in [0.15, 0.2) is 0 Å². The van der Waals surface area contributed by atoms with Gasteiger partial charge >= 0.3 is 0 Å². The Hall–Kier alpha value is -0.610. The highest BCUT2D eigenvalue weighted by Crippen LogP contribution is 2.31. The number of nitrogens with zero attached hydrogens (tertiary/aromatic N) is 1. The number of amides is 1. The van der Waals surface area contributed by atoms with Gasteiger partial charge in [-0.2, -0.15) is 0 Å². The van der Waals surface area contributed by atoms with Crippen LogP contribution in [-0.2, 0) is 4.79 Å². The van der Waals surface area contributed by atoms with E-state index in [9.17, 15) is 4.79 Å². The Kier molecular flexibility index (Phi) is 4.40. The highest BCUT2D eigenvalue weighted by molar-refractivity contribution is 5.78. The van der Waals surface area contributed by atoms with Crippen LogP contribution in [0.3, 0.4) is 0 Å². The van der Waals surface area contributed by atoms with Crippen molar-refractivity contribution >= 4 is 5.91 Å². The molecule has 1 saturated heterocycles. The lowest BCUT2D eigenvalue weighted by atomic mass is 9.78. The van der Waals surface area contributed by atoms with E-state index in [2.05, 4.69) is 17.1 Å². The summed E-state index contributed by atoms with van der Waals surface area (Å²) in [7, 11) is 0. The molecule has 1 heterocycles. The zero-order chi connectivity index (χ0) is 12.3. The van der Waals surface area contributed by atoms with Crippen molar-refractivity contribution in [2.45, 2.75) is 38.6 Å². The average molecular weight is 239 g/mol. The van der Waals surface area contributed by atoms with Gasteiger partial charge in [-0.25, -0.2) is 0 Å². The Morgan fingerprint density at radius 2 is 2.29 bits per heavy atom. The number of hydrogen-bond donors (Lipinski definition) is 2. The van der Waals surface area contributed by atoms with E-state index in [-0.39, 0.29) is 5.91 Å². The lowest BCUT2D eigenvalue weighted by Gasteiger charge is -2.41. The molecule has 98 valence electrons. The number of carbonyl (C=O) groups is 1. The summed E-state index contributed by atoms with van der Waals surface area (Å²) >= 11 is 0. The molecule has 0 aromatic carbocycles. The van der Waals surface area contributed by atoms with Gasteiger partial charge < -0.3 is 11.1 Å². The zero-order valence-corrected chi connectivity index (χ0v) is 10.8. The topological polar surface area (TPSA) is 58.4 Å². The fourth-order valence-corrected chi connectivity index (χ4v) is 3.25. The molecule has 2 aliphatic rings. The van der Waals surface area contributed by atoms with E-state index in [4.69, 9.17) is 5.73 Å². The van der Waals surface area contributed by atoms with Gasteiger partial charge in [0.1, 0.15) is 0 Å². The molecule has 0 spiro atoms. The van der Waals surface area contributed by atoms with Crippen molar-refractivity contribution < 1.29 is 4.79 Å². The Morgan fingerprint density at radius 1 is 1.47 bits per heavy atom. The van der Waals surface area contributed by atoms with Crippen LogP contribution in [0.25, 0.3) is 0 Å². The third-order valence-corrected chi connectivity index (χ3v) is 4.28. The molecular weight excluding hydrogens is 214 g/mol. The van der Waals surface area contributed by atoms with Gasteiger partial charge in [0.25, 0.3) is 0 Å². The lowest BCUT2D eigenvalue weighted by molar-refractivity contribution is -0.122. The summed E-state index contributed by atoms with van der Waals surface area (Å²) in [5, 5.41) is 2.95. The van der Waals surface area contributed by atoms with Crippen LogP contribution in [0.15, 0.2) is 0 Å². The summed E-state index contributed by atoms with van der Waals surface area (Å²) < 4.78 is 0. The number of hydrogen-bond acceptors (Lipinski definition) is 3. The van der Waals surface area contributed by atoms with E-state index in [0.29, 0.717) is 18.5 Å². The highest BCUT2D eigenvalue weighted by Gasteiger charge is 2.33. The second kappa shape index (κ2) is 5.83. The van der Waals surface area contributed by atoms with E-state index in [1.807, 2.05) is 0 Å². The minimum absolute atomic E-state index is 0.177. The van der Waals surface area contributed by atoms with Gasteiger partial charge in [0, 0.05) is 19.1 Å². The number of carbonyl (C=O) groups excluding carboxylic acids is 1. The normalized spacial score (nSPS) is 36.4. The molecule has 0 aromatic heterocycles. The number of nitrogens with one attached hydrogen (secondary N) is 1. The molecule has 0 aromatic rings. The minimum Gasteiger partial charge on any atom is -0.355 e. The Bertz CT molecular complexity index is 269. The first kappa shape index (κ1) is 12.8. The monoisotopic (exact) mass is 239 g/mol. The Balaban J connectivity index is 2.03. The van der Waals surface area contributed by atoms with Crippen molar-refractivity contribution in [3.05, 3.63) is 0 Å². The smallest absolute Gasteiger partial charge is 0.234 e. The third-order valence-electron chi connectivity index (χ3n) is 4.28. The second-order valence-electron chi connectivity index (χ2n) is 5.66. The summed E-state index contributed by atoms with van der Waals surface area (Å²) in [4.78, 5) is 14.0. The highest BCUT2D eigenvalue weighted by atomic mass is 16.2. The molecule has 1 saturated carbocycles. The molecule has 2 fully saturated rings. The maximum absolute atomic E-state index is 11.6. The molecule has 1 amide bonds. The van der Waals surface area contributed by atoms with Crippen LogP contribution in [-0.4, -0.2) is 43.0 Å². The van der Waals surface area contributed by atoms with E-state index in [1.54, 1.807) is 0 Å². The van der Waals surface area contributed by atoms with E-state index < -0.39 is 0 Å². The molecule has 3 unspecified atom stereocenters. The van der Waals surface area contributed by atoms with Crippen LogP contribution in [0.5, 0.6) is 0 Å². The van der Waals surface area contributed by atoms with Gasteiger partial charge in [0.2, 0.25) is 5.91 Å². The quantitative estimate of drug-likeness (QED) is 0.741. The van der Waals surface area contributed by atoms with Crippen molar-refractivity contribution in [1.82, 2.24) is 10.2 Å². The van der Waals surface area contributed by atoms with Gasteiger partial charge in [-0.15, -0.1) is 0 Å². The van der Waals surface area contributed by atoms with Crippen molar-refractivity contribution in [2.24, 2.45) is 17.6 Å². The number of rotatable bonds is 2. The fraction of sp³-hybridized carbons (Fsp3) is 0.923. The van der Waals surface area contributed by atoms with Crippen LogP contribution < -0.4 is 11.1 Å². The molecule has 3 atom stereocenters. The Morgan fingerprint density at radius 3 is 3.06 bits per heavy atom. The summed E-state index contributed by atoms with van der Waals surface area (Å²) in [5.74, 6) is 1.53. The SMILES string of the molecule is CC1CCC(CN)C(N2CCCNC(=O)C2)C1. The van der Waals surface area contributed by atoms with Gasteiger partial charge in [-0.05, 0) is 37.6 Å². The first-order valence-corrected chi connectivity index (χ1v) is 6.91. The van der Waals surface area contributed by atoms with Gasteiger partial charge in [0.05, 0.1) is 6.54 Å². The lowest BCUT2D eigenvalue weighted by Crippen LogP contribution is -2.48. The molecule has 0 radical (unpaired) electrons. The van der Waals surface area contributed by atoms with Crippen LogP contribution in [0, 0.1) is 11.8 Å². The predicted octanol–water partition coefficient (Wildman–Crippen LogP) is 0.572. The maximum atomic E-state index is 11.6. The van der Waals surface area contributed by atoms with Crippen molar-refractivity contribution in [3.8, 4) is 0 Å². The molecule has 17 heavy (non-hydrogen) atoms. The largest absolute Gasteiger partial charge is 0.355 e. The second-order valence-corrected chi connectivity index (χ2v) is 5.66. The van der Waals surface area contributed by atoms with Crippen LogP contribution >= 0.6 is 0 Å². The molecule has 1 aliphatic carbocycles. The third kappa shape index (κ3) is 3.19. The van der Waals surface area contributed by atoms with Crippen molar-refractivity contribution in [1.29, 1.82) is 0 Å². The first-order chi connectivity index (χ1) is 8.20. The van der Waals surface area contributed by atoms with E-state index in [0.717, 1.165) is 32.0 Å².